The molecule has 134 valence electrons. The van der Waals surface area contributed by atoms with Crippen molar-refractivity contribution in [3.8, 4) is 0 Å². The largest absolute Gasteiger partial charge is 0.381 e. The van der Waals surface area contributed by atoms with Gasteiger partial charge >= 0.3 is 0 Å². The number of nitrogens with one attached hydrogen (secondary N) is 1. The van der Waals surface area contributed by atoms with Gasteiger partial charge in [-0.1, -0.05) is 11.6 Å². The lowest BCUT2D eigenvalue weighted by Gasteiger charge is -2.44. The van der Waals surface area contributed by atoms with Gasteiger partial charge in [0.1, 0.15) is 0 Å². The standard InChI is InChI=1S/C21H28N2O2/c1-15-11-16(2)19-17(12-15)13-18(20(24)22-19)14-23-7-3-21(4-8-23)5-9-25-10-6-21/h11-13H,3-10,14H2,1-2H3,(H,22,24). The van der Waals surface area contributed by atoms with Gasteiger partial charge in [0, 0.05) is 25.3 Å². The number of H-pyrrole nitrogens is 1. The highest BCUT2D eigenvalue weighted by atomic mass is 16.5. The Morgan fingerprint density at radius 2 is 1.80 bits per heavy atom. The van der Waals surface area contributed by atoms with Crippen molar-refractivity contribution in [2.75, 3.05) is 26.3 Å². The van der Waals surface area contributed by atoms with E-state index in [0.29, 0.717) is 5.41 Å². The molecule has 0 aliphatic carbocycles. The van der Waals surface area contributed by atoms with Crippen LogP contribution in [0.25, 0.3) is 10.9 Å². The first-order valence-corrected chi connectivity index (χ1v) is 9.48. The van der Waals surface area contributed by atoms with Crippen LogP contribution in [0.5, 0.6) is 0 Å². The van der Waals surface area contributed by atoms with E-state index in [0.717, 1.165) is 54.9 Å². The van der Waals surface area contributed by atoms with Crippen LogP contribution in [0.15, 0.2) is 23.0 Å². The lowest BCUT2D eigenvalue weighted by molar-refractivity contribution is -0.0218. The summed E-state index contributed by atoms with van der Waals surface area (Å²) in [6.07, 6.45) is 4.88. The van der Waals surface area contributed by atoms with Crippen LogP contribution >= 0.6 is 0 Å². The minimum absolute atomic E-state index is 0.0609. The molecule has 2 aromatic rings. The Morgan fingerprint density at radius 1 is 1.08 bits per heavy atom. The normalized spacial score (nSPS) is 21.0. The summed E-state index contributed by atoms with van der Waals surface area (Å²) >= 11 is 0. The Labute approximate surface area is 149 Å². The SMILES string of the molecule is Cc1cc(C)c2[nH]c(=O)c(CN3CCC4(CCOCC4)CC3)cc2c1. The molecule has 0 atom stereocenters. The first-order valence-electron chi connectivity index (χ1n) is 9.48. The summed E-state index contributed by atoms with van der Waals surface area (Å²) in [5, 5.41) is 1.14. The number of hydrogen-bond donors (Lipinski definition) is 1. The van der Waals surface area contributed by atoms with E-state index in [2.05, 4.69) is 41.9 Å². The number of nitrogens with zero attached hydrogens (tertiary/aromatic N) is 1. The van der Waals surface area contributed by atoms with Gasteiger partial charge in [-0.15, -0.1) is 0 Å². The molecule has 1 aromatic carbocycles. The molecule has 0 radical (unpaired) electrons. The Morgan fingerprint density at radius 3 is 2.52 bits per heavy atom. The average molecular weight is 340 g/mol. The first-order chi connectivity index (χ1) is 12.0. The van der Waals surface area contributed by atoms with Crippen molar-refractivity contribution >= 4 is 10.9 Å². The lowest BCUT2D eigenvalue weighted by Crippen LogP contribution is -2.43. The minimum Gasteiger partial charge on any atom is -0.381 e. The quantitative estimate of drug-likeness (QED) is 0.909. The van der Waals surface area contributed by atoms with Crippen LogP contribution in [-0.2, 0) is 11.3 Å². The summed E-state index contributed by atoms with van der Waals surface area (Å²) in [6, 6.07) is 6.37. The predicted octanol–water partition coefficient (Wildman–Crippen LogP) is 3.54. The monoisotopic (exact) mass is 340 g/mol. The van der Waals surface area contributed by atoms with Gasteiger partial charge < -0.3 is 9.72 Å². The molecular formula is C21H28N2O2. The zero-order valence-electron chi connectivity index (χ0n) is 15.4. The van der Waals surface area contributed by atoms with E-state index in [-0.39, 0.29) is 5.56 Å². The van der Waals surface area contributed by atoms with Crippen molar-refractivity contribution in [3.63, 3.8) is 0 Å². The molecule has 1 spiro atoms. The zero-order chi connectivity index (χ0) is 17.4. The van der Waals surface area contributed by atoms with Gasteiger partial charge in [-0.25, -0.2) is 0 Å². The molecule has 4 heteroatoms. The van der Waals surface area contributed by atoms with E-state index in [1.54, 1.807) is 0 Å². The van der Waals surface area contributed by atoms with Crippen molar-refractivity contribution in [3.05, 3.63) is 45.2 Å². The smallest absolute Gasteiger partial charge is 0.252 e. The van der Waals surface area contributed by atoms with E-state index in [1.165, 1.54) is 31.2 Å². The molecule has 0 unspecified atom stereocenters. The Hall–Kier alpha value is -1.65. The molecule has 0 amide bonds. The number of pyridine rings is 1. The van der Waals surface area contributed by atoms with Crippen LogP contribution in [0, 0.1) is 19.3 Å². The van der Waals surface area contributed by atoms with Crippen molar-refractivity contribution in [1.29, 1.82) is 0 Å². The third kappa shape index (κ3) is 3.38. The number of aromatic amines is 1. The summed E-state index contributed by atoms with van der Waals surface area (Å²) in [6.45, 7) is 8.93. The molecule has 1 N–H and O–H groups in total. The van der Waals surface area contributed by atoms with Crippen molar-refractivity contribution in [2.24, 2.45) is 5.41 Å². The molecule has 2 aliphatic heterocycles. The Balaban J connectivity index is 1.51. The van der Waals surface area contributed by atoms with Crippen molar-refractivity contribution in [2.45, 2.75) is 46.1 Å². The number of aromatic nitrogens is 1. The van der Waals surface area contributed by atoms with Crippen LogP contribution in [0.3, 0.4) is 0 Å². The third-order valence-corrected chi connectivity index (χ3v) is 6.23. The summed E-state index contributed by atoms with van der Waals surface area (Å²) in [7, 11) is 0. The van der Waals surface area contributed by atoms with Gasteiger partial charge in [-0.05, 0) is 81.1 Å². The van der Waals surface area contributed by atoms with Gasteiger partial charge in [-0.3, -0.25) is 9.69 Å². The minimum atomic E-state index is 0.0609. The van der Waals surface area contributed by atoms with Crippen LogP contribution in [-0.4, -0.2) is 36.2 Å². The summed E-state index contributed by atoms with van der Waals surface area (Å²) < 4.78 is 5.54. The molecule has 3 heterocycles. The first kappa shape index (κ1) is 16.8. The van der Waals surface area contributed by atoms with Crippen LogP contribution < -0.4 is 5.56 Å². The number of benzene rings is 1. The summed E-state index contributed by atoms with van der Waals surface area (Å²) in [5.41, 5.74) is 4.80. The molecule has 2 saturated heterocycles. The van der Waals surface area contributed by atoms with Crippen LogP contribution in [0.1, 0.15) is 42.4 Å². The zero-order valence-corrected chi connectivity index (χ0v) is 15.4. The van der Waals surface area contributed by atoms with Crippen LogP contribution in [0.4, 0.5) is 0 Å². The van der Waals surface area contributed by atoms with E-state index in [9.17, 15) is 4.79 Å². The summed E-state index contributed by atoms with van der Waals surface area (Å²) in [5.74, 6) is 0. The van der Waals surface area contributed by atoms with E-state index in [4.69, 9.17) is 4.74 Å². The number of likely N-dealkylation sites (tertiary alicyclic amines) is 1. The van der Waals surface area contributed by atoms with Crippen molar-refractivity contribution < 1.29 is 4.74 Å². The second-order valence-corrected chi connectivity index (χ2v) is 8.06. The molecule has 4 rings (SSSR count). The second kappa shape index (κ2) is 6.58. The molecule has 0 saturated carbocycles. The number of fused-ring (bicyclic) bond motifs is 1. The van der Waals surface area contributed by atoms with Gasteiger partial charge in [0.15, 0.2) is 0 Å². The Kier molecular flexibility index (Phi) is 4.42. The molecule has 2 fully saturated rings. The van der Waals surface area contributed by atoms with E-state index < -0.39 is 0 Å². The number of ether oxygens (including phenoxy) is 1. The number of aryl methyl sites for hydroxylation is 2. The lowest BCUT2D eigenvalue weighted by atomic mass is 9.72. The van der Waals surface area contributed by atoms with E-state index >= 15 is 0 Å². The second-order valence-electron chi connectivity index (χ2n) is 8.06. The third-order valence-electron chi connectivity index (χ3n) is 6.23. The Bertz CT molecular complexity index is 824. The maximum atomic E-state index is 12.5. The highest BCUT2D eigenvalue weighted by Crippen LogP contribution is 2.40. The highest BCUT2D eigenvalue weighted by molar-refractivity contribution is 5.82. The number of hydrogen-bond acceptors (Lipinski definition) is 3. The average Bonchev–Trinajstić information content (AvgIpc) is 2.59. The molecule has 2 aliphatic rings. The van der Waals surface area contributed by atoms with Gasteiger partial charge in [-0.2, -0.15) is 0 Å². The van der Waals surface area contributed by atoms with Gasteiger partial charge in [0.25, 0.3) is 5.56 Å². The van der Waals surface area contributed by atoms with Gasteiger partial charge in [0.05, 0.1) is 5.52 Å². The molecule has 0 bridgehead atoms. The maximum Gasteiger partial charge on any atom is 0.252 e. The molecule has 4 nitrogen and oxygen atoms in total. The fourth-order valence-corrected chi connectivity index (χ4v) is 4.58. The molecule has 25 heavy (non-hydrogen) atoms. The molecule has 1 aromatic heterocycles. The van der Waals surface area contributed by atoms with Gasteiger partial charge in [0.2, 0.25) is 0 Å². The highest BCUT2D eigenvalue weighted by Gasteiger charge is 2.35. The van der Waals surface area contributed by atoms with E-state index in [1.807, 2.05) is 0 Å². The fraction of sp³-hybridized carbons (Fsp3) is 0.571. The van der Waals surface area contributed by atoms with Crippen LogP contribution in [0.2, 0.25) is 0 Å². The summed E-state index contributed by atoms with van der Waals surface area (Å²) in [4.78, 5) is 18.1. The fourth-order valence-electron chi connectivity index (χ4n) is 4.58. The topological polar surface area (TPSA) is 45.3 Å². The maximum absolute atomic E-state index is 12.5. The number of rotatable bonds is 2. The number of piperidine rings is 1. The molecular weight excluding hydrogens is 312 g/mol. The predicted molar refractivity (Wildman–Crippen MR) is 101 cm³/mol. The van der Waals surface area contributed by atoms with Crippen molar-refractivity contribution in [1.82, 2.24) is 9.88 Å².